The number of rotatable bonds is 3. The number of nitrogens with zero attached hydrogens (tertiary/aromatic N) is 1. The molecule has 2 aromatic heterocycles. The van der Waals surface area contributed by atoms with Gasteiger partial charge in [0, 0.05) is 22.1 Å². The van der Waals surface area contributed by atoms with Crippen molar-refractivity contribution in [1.82, 2.24) is 9.97 Å². The predicted octanol–water partition coefficient (Wildman–Crippen LogP) is 4.39. The van der Waals surface area contributed by atoms with Gasteiger partial charge in [0.15, 0.2) is 0 Å². The van der Waals surface area contributed by atoms with Gasteiger partial charge >= 0.3 is 0 Å². The van der Waals surface area contributed by atoms with Gasteiger partial charge in [0.1, 0.15) is 17.3 Å². The Morgan fingerprint density at radius 1 is 1.05 bits per heavy atom. The monoisotopic (exact) mass is 336 g/mol. The van der Waals surface area contributed by atoms with Crippen molar-refractivity contribution in [2.45, 2.75) is 12.8 Å². The second-order valence-corrected chi connectivity index (χ2v) is 5.46. The molecule has 2 nitrogen and oxygen atoms in total. The summed E-state index contributed by atoms with van der Waals surface area (Å²) in [5, 5.41) is 1.03. The summed E-state index contributed by atoms with van der Waals surface area (Å²) in [6.07, 6.45) is 2.97. The van der Waals surface area contributed by atoms with Crippen LogP contribution in [-0.4, -0.2) is 9.97 Å². The van der Waals surface area contributed by atoms with E-state index < -0.39 is 11.6 Å². The summed E-state index contributed by atoms with van der Waals surface area (Å²) in [6, 6.07) is 7.51. The van der Waals surface area contributed by atoms with Crippen molar-refractivity contribution in [2.75, 3.05) is 0 Å². The second-order valence-electron chi connectivity index (χ2n) is 4.61. The lowest BCUT2D eigenvalue weighted by Gasteiger charge is -2.05. The highest BCUT2D eigenvalue weighted by molar-refractivity contribution is 9.10. The van der Waals surface area contributed by atoms with Crippen LogP contribution in [0.5, 0.6) is 0 Å². The minimum Gasteiger partial charge on any atom is -0.346 e. The van der Waals surface area contributed by atoms with Gasteiger partial charge in [-0.15, -0.1) is 0 Å². The number of aryl methyl sites for hydroxylation is 2. The number of H-pyrrole nitrogens is 1. The molecule has 5 heteroatoms. The highest BCUT2D eigenvalue weighted by atomic mass is 79.9. The molecule has 0 saturated heterocycles. The van der Waals surface area contributed by atoms with Crippen LogP contribution >= 0.6 is 15.9 Å². The first-order valence-electron chi connectivity index (χ1n) is 6.19. The van der Waals surface area contributed by atoms with E-state index in [1.54, 1.807) is 0 Å². The van der Waals surface area contributed by atoms with Crippen molar-refractivity contribution in [2.24, 2.45) is 0 Å². The van der Waals surface area contributed by atoms with Crippen LogP contribution in [0.3, 0.4) is 0 Å². The molecule has 0 atom stereocenters. The van der Waals surface area contributed by atoms with Crippen LogP contribution in [0.4, 0.5) is 8.78 Å². The van der Waals surface area contributed by atoms with Crippen LogP contribution in [0.2, 0.25) is 0 Å². The fourth-order valence-electron chi connectivity index (χ4n) is 2.19. The highest BCUT2D eigenvalue weighted by Crippen LogP contribution is 2.22. The first kappa shape index (κ1) is 13.2. The lowest BCUT2D eigenvalue weighted by atomic mass is 10.1. The maximum atomic E-state index is 13.1. The maximum absolute atomic E-state index is 13.1. The number of aromatic amines is 1. The van der Waals surface area contributed by atoms with Crippen LogP contribution in [0.15, 0.2) is 41.0 Å². The molecular weight excluding hydrogens is 326 g/mol. The van der Waals surface area contributed by atoms with E-state index in [1.807, 2.05) is 18.3 Å². The van der Waals surface area contributed by atoms with E-state index in [1.165, 1.54) is 12.1 Å². The molecule has 0 aliphatic heterocycles. The van der Waals surface area contributed by atoms with Crippen molar-refractivity contribution in [3.8, 4) is 0 Å². The third kappa shape index (κ3) is 2.72. The summed E-state index contributed by atoms with van der Waals surface area (Å²) in [5.41, 5.74) is 2.31. The fourth-order valence-corrected chi connectivity index (χ4v) is 2.72. The van der Waals surface area contributed by atoms with Gasteiger partial charge in [0.2, 0.25) is 0 Å². The molecule has 0 bridgehead atoms. The molecular formula is C15H11BrF2N2. The van der Waals surface area contributed by atoms with Crippen molar-refractivity contribution >= 4 is 27.0 Å². The van der Waals surface area contributed by atoms with Crippen LogP contribution in [0.1, 0.15) is 11.3 Å². The van der Waals surface area contributed by atoms with Crippen molar-refractivity contribution in [3.05, 3.63) is 63.9 Å². The number of aromatic nitrogens is 2. The molecule has 0 aliphatic rings. The summed E-state index contributed by atoms with van der Waals surface area (Å²) >= 11 is 3.48. The van der Waals surface area contributed by atoms with E-state index in [0.717, 1.165) is 27.3 Å². The molecule has 3 rings (SSSR count). The summed E-state index contributed by atoms with van der Waals surface area (Å²) in [7, 11) is 0. The van der Waals surface area contributed by atoms with Gasteiger partial charge in [-0.3, -0.25) is 0 Å². The van der Waals surface area contributed by atoms with Crippen LogP contribution in [0, 0.1) is 11.6 Å². The zero-order valence-corrected chi connectivity index (χ0v) is 12.0. The molecule has 20 heavy (non-hydrogen) atoms. The smallest absolute Gasteiger partial charge is 0.137 e. The quantitative estimate of drug-likeness (QED) is 0.755. The Hall–Kier alpha value is -1.75. The number of pyridine rings is 1. The Morgan fingerprint density at radius 3 is 2.55 bits per heavy atom. The minimum atomic E-state index is -0.549. The van der Waals surface area contributed by atoms with E-state index in [-0.39, 0.29) is 0 Å². The van der Waals surface area contributed by atoms with Gasteiger partial charge in [-0.05, 0) is 58.6 Å². The third-order valence-electron chi connectivity index (χ3n) is 3.13. The number of nitrogens with one attached hydrogen (secondary N) is 1. The molecule has 0 amide bonds. The Labute approximate surface area is 123 Å². The van der Waals surface area contributed by atoms with Crippen LogP contribution < -0.4 is 0 Å². The molecule has 0 saturated carbocycles. The average Bonchev–Trinajstić information content (AvgIpc) is 2.81. The zero-order chi connectivity index (χ0) is 14.1. The van der Waals surface area contributed by atoms with Gasteiger partial charge in [-0.1, -0.05) is 0 Å². The third-order valence-corrected chi connectivity index (χ3v) is 3.82. The lowest BCUT2D eigenvalue weighted by molar-refractivity contribution is 0.579. The fraction of sp³-hybridized carbons (Fsp3) is 0.133. The molecule has 1 N–H and O–H groups in total. The van der Waals surface area contributed by atoms with Gasteiger partial charge in [-0.2, -0.15) is 0 Å². The second kappa shape index (κ2) is 5.32. The highest BCUT2D eigenvalue weighted by Gasteiger charge is 2.07. The Balaban J connectivity index is 1.84. The molecule has 0 spiro atoms. The molecule has 0 fully saturated rings. The standard InChI is InChI=1S/C15H11BrF2N2/c16-13-7-10-3-4-19-15(10)20-14(13)2-1-9-5-11(17)8-12(18)6-9/h3-8H,1-2H2,(H,19,20). The van der Waals surface area contributed by atoms with Crippen molar-refractivity contribution in [1.29, 1.82) is 0 Å². The topological polar surface area (TPSA) is 28.7 Å². The minimum absolute atomic E-state index is 0.534. The van der Waals surface area contributed by atoms with Crippen LogP contribution in [0.25, 0.3) is 11.0 Å². The number of hydrogen-bond donors (Lipinski definition) is 1. The van der Waals surface area contributed by atoms with E-state index >= 15 is 0 Å². The Kier molecular flexibility index (Phi) is 3.53. The van der Waals surface area contributed by atoms with E-state index in [4.69, 9.17) is 0 Å². The maximum Gasteiger partial charge on any atom is 0.137 e. The van der Waals surface area contributed by atoms with E-state index in [2.05, 4.69) is 25.9 Å². The SMILES string of the molecule is Fc1cc(F)cc(CCc2nc3[nH]ccc3cc2Br)c1. The van der Waals surface area contributed by atoms with E-state index in [9.17, 15) is 8.78 Å². The van der Waals surface area contributed by atoms with E-state index in [0.29, 0.717) is 18.4 Å². The molecule has 0 radical (unpaired) electrons. The summed E-state index contributed by atoms with van der Waals surface area (Å²) in [5.74, 6) is -1.10. The molecule has 102 valence electrons. The van der Waals surface area contributed by atoms with Crippen molar-refractivity contribution in [3.63, 3.8) is 0 Å². The molecule has 3 aromatic rings. The first-order valence-corrected chi connectivity index (χ1v) is 6.98. The largest absolute Gasteiger partial charge is 0.346 e. The molecule has 1 aromatic carbocycles. The normalized spacial score (nSPS) is 11.2. The van der Waals surface area contributed by atoms with Gasteiger partial charge in [0.25, 0.3) is 0 Å². The van der Waals surface area contributed by atoms with Gasteiger partial charge in [-0.25, -0.2) is 13.8 Å². The number of fused-ring (bicyclic) bond motifs is 1. The Morgan fingerprint density at radius 2 is 1.80 bits per heavy atom. The first-order chi connectivity index (χ1) is 9.61. The summed E-state index contributed by atoms with van der Waals surface area (Å²) in [4.78, 5) is 7.56. The van der Waals surface area contributed by atoms with Crippen molar-refractivity contribution < 1.29 is 8.78 Å². The molecule has 0 aliphatic carbocycles. The lowest BCUT2D eigenvalue weighted by Crippen LogP contribution is -1.97. The zero-order valence-electron chi connectivity index (χ0n) is 10.5. The number of benzene rings is 1. The Bertz CT molecular complexity index is 747. The molecule has 0 unspecified atom stereocenters. The average molecular weight is 337 g/mol. The number of hydrogen-bond acceptors (Lipinski definition) is 1. The summed E-state index contributed by atoms with van der Waals surface area (Å²) < 4.78 is 27.2. The van der Waals surface area contributed by atoms with Gasteiger partial charge in [0.05, 0.1) is 5.69 Å². The van der Waals surface area contributed by atoms with Gasteiger partial charge < -0.3 is 4.98 Å². The molecule has 2 heterocycles. The van der Waals surface area contributed by atoms with Crippen LogP contribution in [-0.2, 0) is 12.8 Å². The summed E-state index contributed by atoms with van der Waals surface area (Å²) in [6.45, 7) is 0. The number of halogens is 3. The predicted molar refractivity (Wildman–Crippen MR) is 77.6 cm³/mol.